The molecule has 2 aromatic carbocycles. The van der Waals surface area contributed by atoms with Gasteiger partial charge in [-0.2, -0.15) is 4.99 Å². The molecule has 4 heterocycles. The van der Waals surface area contributed by atoms with Crippen molar-refractivity contribution >= 4 is 45.0 Å². The number of rotatable bonds is 4. The number of aliphatic hydroxyl groups excluding tert-OH is 1. The summed E-state index contributed by atoms with van der Waals surface area (Å²) >= 11 is 0. The highest BCUT2D eigenvalue weighted by atomic mass is 16.3. The van der Waals surface area contributed by atoms with Crippen molar-refractivity contribution in [3.8, 4) is 0 Å². The fourth-order valence-corrected chi connectivity index (χ4v) is 5.87. The lowest BCUT2D eigenvalue weighted by Gasteiger charge is -2.39. The largest absolute Gasteiger partial charge is 0.393 e. The Morgan fingerprint density at radius 2 is 1.38 bits per heavy atom. The zero-order chi connectivity index (χ0) is 29.7. The molecule has 1 fully saturated rings. The van der Waals surface area contributed by atoms with Gasteiger partial charge in [0, 0.05) is 80.4 Å². The van der Waals surface area contributed by atoms with Crippen LogP contribution in [0, 0.1) is 13.8 Å². The molecule has 6 rings (SSSR count). The molecule has 0 bridgehead atoms. The zero-order valence-electron chi connectivity index (χ0n) is 25.2. The van der Waals surface area contributed by atoms with E-state index >= 15 is 0 Å². The summed E-state index contributed by atoms with van der Waals surface area (Å²) in [7, 11) is 8.17. The molecular weight excluding hydrogens is 526 g/mol. The third-order valence-electron chi connectivity index (χ3n) is 8.07. The fourth-order valence-electron chi connectivity index (χ4n) is 5.87. The Bertz CT molecular complexity index is 1720. The third-order valence-corrected chi connectivity index (χ3v) is 8.07. The molecule has 2 aliphatic heterocycles. The zero-order valence-corrected chi connectivity index (χ0v) is 25.2. The van der Waals surface area contributed by atoms with Gasteiger partial charge >= 0.3 is 0 Å². The van der Waals surface area contributed by atoms with Crippen molar-refractivity contribution < 1.29 is 5.11 Å². The van der Waals surface area contributed by atoms with Gasteiger partial charge in [-0.1, -0.05) is 6.07 Å². The summed E-state index contributed by atoms with van der Waals surface area (Å²) in [5.74, 6) is 8.12. The molecule has 0 saturated carbocycles. The minimum Gasteiger partial charge on any atom is -0.393 e. The number of fused-ring (bicyclic) bond motifs is 2. The van der Waals surface area contributed by atoms with Crippen molar-refractivity contribution in [3.63, 3.8) is 0 Å². The standard InChI is InChI=1S/C32H39N9O/c1-19-15-28(38(3)4)24-17-21(7-9-26(24)34-19)30-36-31(41(33)32(37-30)40-13-11-23(42)12-14-40)22-8-10-27-25(18-22)29(39(5)6)16-20(2)35-27/h7-10,15-18,23,31,42H,11-14,33H2,1-6H3. The van der Waals surface area contributed by atoms with Crippen LogP contribution in [0.5, 0.6) is 0 Å². The van der Waals surface area contributed by atoms with E-state index in [1.807, 2.05) is 60.2 Å². The third kappa shape index (κ3) is 5.12. The first kappa shape index (κ1) is 27.9. The molecule has 0 radical (unpaired) electrons. The van der Waals surface area contributed by atoms with E-state index in [9.17, 15) is 5.11 Å². The molecule has 2 aliphatic rings. The minimum atomic E-state index is -0.500. The van der Waals surface area contributed by atoms with Crippen LogP contribution in [-0.2, 0) is 0 Å². The summed E-state index contributed by atoms with van der Waals surface area (Å²) < 4.78 is 0. The average molecular weight is 566 g/mol. The van der Waals surface area contributed by atoms with Gasteiger partial charge in [-0.15, -0.1) is 0 Å². The second-order valence-electron chi connectivity index (χ2n) is 11.7. The normalized spacial score (nSPS) is 18.0. The van der Waals surface area contributed by atoms with Crippen LogP contribution in [0.4, 0.5) is 11.4 Å². The van der Waals surface area contributed by atoms with E-state index in [1.165, 1.54) is 0 Å². The van der Waals surface area contributed by atoms with E-state index < -0.39 is 6.17 Å². The fraction of sp³-hybridized carbons (Fsp3) is 0.375. The Balaban J connectivity index is 1.50. The van der Waals surface area contributed by atoms with Crippen LogP contribution < -0.4 is 15.6 Å². The number of hydrogen-bond acceptors (Lipinski definition) is 10. The van der Waals surface area contributed by atoms with Crippen molar-refractivity contribution in [2.24, 2.45) is 15.8 Å². The van der Waals surface area contributed by atoms with Crippen molar-refractivity contribution in [2.45, 2.75) is 39.0 Å². The number of aliphatic hydroxyl groups is 1. The first-order chi connectivity index (χ1) is 20.1. The Morgan fingerprint density at radius 1 is 0.810 bits per heavy atom. The van der Waals surface area contributed by atoms with Gasteiger partial charge < -0.3 is 19.8 Å². The Kier molecular flexibility index (Phi) is 7.20. The van der Waals surface area contributed by atoms with E-state index in [0.717, 1.165) is 55.7 Å². The lowest BCUT2D eigenvalue weighted by molar-refractivity contribution is 0.101. The molecule has 1 unspecified atom stereocenters. The molecular formula is C32H39N9O. The maximum Gasteiger partial charge on any atom is 0.220 e. The predicted octanol–water partition coefficient (Wildman–Crippen LogP) is 3.98. The van der Waals surface area contributed by atoms with E-state index in [1.54, 1.807) is 5.01 Å². The molecule has 42 heavy (non-hydrogen) atoms. The lowest BCUT2D eigenvalue weighted by atomic mass is 10.0. The maximum absolute atomic E-state index is 10.2. The number of likely N-dealkylation sites (tertiary alicyclic amines) is 1. The maximum atomic E-state index is 10.2. The Hall–Kier alpha value is -4.28. The van der Waals surface area contributed by atoms with Crippen molar-refractivity contribution in [1.29, 1.82) is 0 Å². The van der Waals surface area contributed by atoms with E-state index in [0.29, 0.717) is 37.7 Å². The molecule has 10 nitrogen and oxygen atoms in total. The molecule has 1 saturated heterocycles. The van der Waals surface area contributed by atoms with Crippen LogP contribution in [0.25, 0.3) is 21.8 Å². The molecule has 10 heteroatoms. The smallest absolute Gasteiger partial charge is 0.220 e. The number of amidine groups is 1. The number of hydrogen-bond donors (Lipinski definition) is 2. The van der Waals surface area contributed by atoms with E-state index in [4.69, 9.17) is 25.8 Å². The molecule has 0 aliphatic carbocycles. The number of piperidine rings is 1. The highest BCUT2D eigenvalue weighted by Crippen LogP contribution is 2.33. The van der Waals surface area contributed by atoms with Crippen LogP contribution in [-0.4, -0.2) is 84.2 Å². The second kappa shape index (κ2) is 10.8. The number of nitrogens with two attached hydrogens (primary N) is 1. The monoisotopic (exact) mass is 565 g/mol. The minimum absolute atomic E-state index is 0.303. The number of anilines is 2. The van der Waals surface area contributed by atoms with Crippen LogP contribution in [0.3, 0.4) is 0 Å². The number of aliphatic imine (C=N–C) groups is 2. The SMILES string of the molecule is Cc1cc(N(C)C)c2cc(C3=NC(c4ccc5nc(C)cc(N(C)C)c5c4)N(N)C(N4CCC(O)CC4)=N3)ccc2n1. The Morgan fingerprint density at radius 3 is 1.98 bits per heavy atom. The van der Waals surface area contributed by atoms with Crippen LogP contribution >= 0.6 is 0 Å². The quantitative estimate of drug-likeness (QED) is 0.358. The number of nitrogens with zero attached hydrogens (tertiary/aromatic N) is 8. The van der Waals surface area contributed by atoms with Gasteiger partial charge in [0.05, 0.1) is 17.1 Å². The van der Waals surface area contributed by atoms with Crippen LogP contribution in [0.2, 0.25) is 0 Å². The molecule has 1 atom stereocenters. The first-order valence-corrected chi connectivity index (χ1v) is 14.4. The number of aryl methyl sites for hydroxylation is 2. The highest BCUT2D eigenvalue weighted by molar-refractivity contribution is 6.10. The molecule has 0 amide bonds. The topological polar surface area (TPSA) is 110 Å². The van der Waals surface area contributed by atoms with Crippen molar-refractivity contribution in [1.82, 2.24) is 19.9 Å². The molecule has 4 aromatic rings. The number of hydrazine groups is 1. The van der Waals surface area contributed by atoms with E-state index in [2.05, 4.69) is 45.0 Å². The van der Waals surface area contributed by atoms with Crippen molar-refractivity contribution in [3.05, 3.63) is 71.0 Å². The first-order valence-electron chi connectivity index (χ1n) is 14.4. The number of guanidine groups is 1. The highest BCUT2D eigenvalue weighted by Gasteiger charge is 2.32. The molecule has 218 valence electrons. The van der Waals surface area contributed by atoms with Crippen molar-refractivity contribution in [2.75, 3.05) is 51.1 Å². The molecule has 0 spiro atoms. The van der Waals surface area contributed by atoms with Gasteiger partial charge in [0.2, 0.25) is 5.96 Å². The summed E-state index contributed by atoms with van der Waals surface area (Å²) in [6.07, 6.45) is 0.539. The van der Waals surface area contributed by atoms with Gasteiger partial charge in [0.1, 0.15) is 0 Å². The number of pyridine rings is 2. The summed E-state index contributed by atoms with van der Waals surface area (Å²) in [6, 6.07) is 16.6. The summed E-state index contributed by atoms with van der Waals surface area (Å²) in [6.45, 7) is 5.37. The van der Waals surface area contributed by atoms with Gasteiger partial charge in [-0.3, -0.25) is 15.0 Å². The molecule has 2 aromatic heterocycles. The van der Waals surface area contributed by atoms with Gasteiger partial charge in [0.25, 0.3) is 0 Å². The second-order valence-corrected chi connectivity index (χ2v) is 11.7. The summed E-state index contributed by atoms with van der Waals surface area (Å²) in [4.78, 5) is 26.1. The lowest BCUT2D eigenvalue weighted by Crippen LogP contribution is -2.54. The average Bonchev–Trinajstić information content (AvgIpc) is 2.96. The summed E-state index contributed by atoms with van der Waals surface area (Å²) in [5.41, 5.74) is 7.84. The van der Waals surface area contributed by atoms with E-state index in [-0.39, 0.29) is 6.10 Å². The number of benzene rings is 2. The summed E-state index contributed by atoms with van der Waals surface area (Å²) in [5, 5.41) is 13.9. The van der Waals surface area contributed by atoms with Gasteiger partial charge in [-0.25, -0.2) is 10.8 Å². The number of aromatic nitrogens is 2. The van der Waals surface area contributed by atoms with Crippen LogP contribution in [0.15, 0.2) is 58.5 Å². The molecule has 3 N–H and O–H groups in total. The van der Waals surface area contributed by atoms with Crippen LogP contribution in [0.1, 0.15) is 41.5 Å². The predicted molar refractivity (Wildman–Crippen MR) is 171 cm³/mol. The van der Waals surface area contributed by atoms with Gasteiger partial charge in [0.15, 0.2) is 12.0 Å². The van der Waals surface area contributed by atoms with Gasteiger partial charge in [-0.05, 0) is 74.7 Å². The Labute approximate surface area is 246 Å².